The first kappa shape index (κ1) is 14.2. The maximum Gasteiger partial charge on any atom is 0.138 e. The first-order chi connectivity index (χ1) is 9.75. The van der Waals surface area contributed by atoms with Gasteiger partial charge < -0.3 is 10.4 Å². The molecule has 0 unspecified atom stereocenters. The van der Waals surface area contributed by atoms with Crippen LogP contribution in [0.4, 0.5) is 0 Å². The Morgan fingerprint density at radius 3 is 2.70 bits per heavy atom. The van der Waals surface area contributed by atoms with E-state index in [1.54, 1.807) is 0 Å². The van der Waals surface area contributed by atoms with Crippen LogP contribution in [0, 0.1) is 0 Å². The maximum atomic E-state index is 10.4. The lowest BCUT2D eigenvalue weighted by Crippen LogP contribution is -2.43. The molecule has 0 bridgehead atoms. The molecular weight excluding hydrogens is 272 g/mol. The summed E-state index contributed by atoms with van der Waals surface area (Å²) in [6, 6.07) is 1.98. The molecule has 1 aliphatic carbocycles. The molecule has 2 N–H and O–H groups in total. The Hall–Kier alpha value is -0.770. The van der Waals surface area contributed by atoms with E-state index in [9.17, 15) is 5.11 Å². The highest BCUT2D eigenvalue weighted by Gasteiger charge is 2.21. The topological polar surface area (TPSA) is 35.5 Å². The van der Waals surface area contributed by atoms with Crippen LogP contribution in [0.15, 0.2) is 6.07 Å². The minimum atomic E-state index is 0.311. The number of benzene rings is 1. The summed E-state index contributed by atoms with van der Waals surface area (Å²) in [6.07, 6.45) is 5.93. The van der Waals surface area contributed by atoms with E-state index in [1.165, 1.54) is 30.4 Å². The largest absolute Gasteiger partial charge is 0.506 e. The fourth-order valence-corrected chi connectivity index (χ4v) is 3.63. The van der Waals surface area contributed by atoms with E-state index in [0.717, 1.165) is 51.1 Å². The standard InChI is InChI=1S/C16H23ClN2O/c17-15-10-12-4-2-1-3-5-13(12)14(16(15)20)11-19-8-6-18-7-9-19/h10,18,20H,1-9,11H2. The first-order valence-corrected chi connectivity index (χ1v) is 8.08. The molecule has 2 aliphatic rings. The summed E-state index contributed by atoms with van der Waals surface area (Å²) >= 11 is 6.24. The maximum absolute atomic E-state index is 10.4. The highest BCUT2D eigenvalue weighted by atomic mass is 35.5. The van der Waals surface area contributed by atoms with E-state index in [4.69, 9.17) is 11.6 Å². The van der Waals surface area contributed by atoms with E-state index in [1.807, 2.05) is 6.07 Å². The third-order valence-electron chi connectivity index (χ3n) is 4.53. The number of fused-ring (bicyclic) bond motifs is 1. The molecule has 0 saturated carbocycles. The van der Waals surface area contributed by atoms with Crippen molar-refractivity contribution in [3.8, 4) is 5.75 Å². The lowest BCUT2D eigenvalue weighted by Gasteiger charge is -2.29. The van der Waals surface area contributed by atoms with Crippen LogP contribution in [-0.4, -0.2) is 36.2 Å². The lowest BCUT2D eigenvalue weighted by atomic mass is 9.95. The van der Waals surface area contributed by atoms with E-state index in [-0.39, 0.29) is 0 Å². The van der Waals surface area contributed by atoms with Crippen molar-refractivity contribution in [2.45, 2.75) is 38.6 Å². The van der Waals surface area contributed by atoms with Crippen LogP contribution in [0.2, 0.25) is 5.02 Å². The normalized spacial score (nSPS) is 20.4. The molecule has 0 spiro atoms. The molecule has 1 fully saturated rings. The Morgan fingerprint density at radius 1 is 1.15 bits per heavy atom. The number of phenols is 1. The van der Waals surface area contributed by atoms with E-state index in [2.05, 4.69) is 10.2 Å². The number of hydrogen-bond donors (Lipinski definition) is 2. The van der Waals surface area contributed by atoms with E-state index < -0.39 is 0 Å². The molecule has 4 heteroatoms. The van der Waals surface area contributed by atoms with Crippen molar-refractivity contribution in [3.63, 3.8) is 0 Å². The molecule has 0 amide bonds. The van der Waals surface area contributed by atoms with Gasteiger partial charge in [-0.3, -0.25) is 4.90 Å². The zero-order chi connectivity index (χ0) is 13.9. The average Bonchev–Trinajstić information content (AvgIpc) is 2.70. The summed E-state index contributed by atoms with van der Waals surface area (Å²) in [5.74, 6) is 0.311. The van der Waals surface area contributed by atoms with Gasteiger partial charge in [-0.1, -0.05) is 18.0 Å². The van der Waals surface area contributed by atoms with Crippen LogP contribution >= 0.6 is 11.6 Å². The number of phenolic OH excluding ortho intramolecular Hbond substituents is 1. The molecule has 1 saturated heterocycles. The predicted octanol–water partition coefficient (Wildman–Crippen LogP) is 2.72. The molecule has 3 nitrogen and oxygen atoms in total. The van der Waals surface area contributed by atoms with Gasteiger partial charge in [0.2, 0.25) is 0 Å². The first-order valence-electron chi connectivity index (χ1n) is 7.71. The summed E-state index contributed by atoms with van der Waals surface area (Å²) in [5, 5.41) is 14.3. The van der Waals surface area contributed by atoms with Gasteiger partial charge in [-0.05, 0) is 42.9 Å². The number of nitrogens with zero attached hydrogens (tertiary/aromatic N) is 1. The highest BCUT2D eigenvalue weighted by Crippen LogP contribution is 2.36. The van der Waals surface area contributed by atoms with Crippen LogP contribution in [0.25, 0.3) is 0 Å². The second-order valence-electron chi connectivity index (χ2n) is 5.91. The summed E-state index contributed by atoms with van der Waals surface area (Å²) in [6.45, 7) is 4.98. The van der Waals surface area contributed by atoms with Gasteiger partial charge >= 0.3 is 0 Å². The Labute approximate surface area is 125 Å². The molecule has 0 atom stereocenters. The van der Waals surface area contributed by atoms with Crippen molar-refractivity contribution in [1.29, 1.82) is 0 Å². The minimum Gasteiger partial charge on any atom is -0.506 e. The van der Waals surface area contributed by atoms with Crippen molar-refractivity contribution in [2.24, 2.45) is 0 Å². The second kappa shape index (κ2) is 6.33. The van der Waals surface area contributed by atoms with Crippen LogP contribution in [-0.2, 0) is 19.4 Å². The molecule has 110 valence electrons. The van der Waals surface area contributed by atoms with Gasteiger partial charge in [0.25, 0.3) is 0 Å². The van der Waals surface area contributed by atoms with Crippen LogP contribution in [0.3, 0.4) is 0 Å². The molecule has 0 aromatic heterocycles. The number of rotatable bonds is 2. The van der Waals surface area contributed by atoms with Crippen LogP contribution < -0.4 is 5.32 Å². The summed E-state index contributed by atoms with van der Waals surface area (Å²) in [7, 11) is 0. The van der Waals surface area contributed by atoms with Gasteiger partial charge in [0.15, 0.2) is 0 Å². The molecule has 1 aromatic carbocycles. The van der Waals surface area contributed by atoms with Gasteiger partial charge in [0.05, 0.1) is 5.02 Å². The third-order valence-corrected chi connectivity index (χ3v) is 4.82. The number of halogens is 1. The number of hydrogen-bond acceptors (Lipinski definition) is 3. The third kappa shape index (κ3) is 2.95. The molecule has 1 heterocycles. The number of nitrogens with one attached hydrogen (secondary N) is 1. The molecule has 3 rings (SSSR count). The fourth-order valence-electron chi connectivity index (χ4n) is 3.38. The Kier molecular flexibility index (Phi) is 4.49. The number of aryl methyl sites for hydroxylation is 1. The molecule has 20 heavy (non-hydrogen) atoms. The van der Waals surface area contributed by atoms with Gasteiger partial charge in [-0.2, -0.15) is 0 Å². The van der Waals surface area contributed by atoms with E-state index in [0.29, 0.717) is 10.8 Å². The lowest BCUT2D eigenvalue weighted by molar-refractivity contribution is 0.230. The monoisotopic (exact) mass is 294 g/mol. The van der Waals surface area contributed by atoms with Gasteiger partial charge in [0, 0.05) is 38.3 Å². The van der Waals surface area contributed by atoms with E-state index >= 15 is 0 Å². The van der Waals surface area contributed by atoms with Crippen LogP contribution in [0.5, 0.6) is 5.75 Å². The number of aromatic hydroxyl groups is 1. The Balaban J connectivity index is 1.92. The Bertz CT molecular complexity index is 484. The summed E-state index contributed by atoms with van der Waals surface area (Å²) in [4.78, 5) is 2.41. The van der Waals surface area contributed by atoms with Crippen molar-refractivity contribution in [1.82, 2.24) is 10.2 Å². The van der Waals surface area contributed by atoms with Gasteiger partial charge in [0.1, 0.15) is 5.75 Å². The minimum absolute atomic E-state index is 0.311. The molecule has 1 aromatic rings. The van der Waals surface area contributed by atoms with Gasteiger partial charge in [-0.25, -0.2) is 0 Å². The fraction of sp³-hybridized carbons (Fsp3) is 0.625. The van der Waals surface area contributed by atoms with Crippen LogP contribution in [0.1, 0.15) is 36.0 Å². The van der Waals surface area contributed by atoms with Crippen molar-refractivity contribution in [3.05, 3.63) is 27.8 Å². The zero-order valence-corrected chi connectivity index (χ0v) is 12.7. The predicted molar refractivity (Wildman–Crippen MR) is 82.5 cm³/mol. The van der Waals surface area contributed by atoms with Crippen molar-refractivity contribution >= 4 is 11.6 Å². The molecule has 1 aliphatic heterocycles. The average molecular weight is 295 g/mol. The zero-order valence-electron chi connectivity index (χ0n) is 11.9. The number of piperazine rings is 1. The van der Waals surface area contributed by atoms with Crippen molar-refractivity contribution in [2.75, 3.05) is 26.2 Å². The Morgan fingerprint density at radius 2 is 1.90 bits per heavy atom. The molecular formula is C16H23ClN2O. The van der Waals surface area contributed by atoms with Crippen molar-refractivity contribution < 1.29 is 5.11 Å². The molecule has 0 radical (unpaired) electrons. The summed E-state index contributed by atoms with van der Waals surface area (Å²) < 4.78 is 0. The second-order valence-corrected chi connectivity index (χ2v) is 6.32. The smallest absolute Gasteiger partial charge is 0.138 e. The quantitative estimate of drug-likeness (QED) is 0.823. The summed E-state index contributed by atoms with van der Waals surface area (Å²) in [5.41, 5.74) is 3.80. The van der Waals surface area contributed by atoms with Gasteiger partial charge in [-0.15, -0.1) is 0 Å². The SMILES string of the molecule is Oc1c(Cl)cc2c(c1CN1CCNCC1)CCCCC2. The highest BCUT2D eigenvalue weighted by molar-refractivity contribution is 6.32.